The molecule has 2 rings (SSSR count). The van der Waals surface area contributed by atoms with E-state index in [1.807, 2.05) is 37.3 Å². The molecule has 0 bridgehead atoms. The molecule has 94 valence electrons. The summed E-state index contributed by atoms with van der Waals surface area (Å²) < 4.78 is 1.07. The standard InChI is InChI=1S/C16H17BrO/c1-10-6-11(2)8-14(7-10)16(18)13-4-5-15(17)12(3)9-13/h4-9,16,18H,1-3H3. The Labute approximate surface area is 117 Å². The lowest BCUT2D eigenvalue weighted by Crippen LogP contribution is -2.01. The van der Waals surface area contributed by atoms with E-state index < -0.39 is 6.10 Å². The molecule has 18 heavy (non-hydrogen) atoms. The lowest BCUT2D eigenvalue weighted by Gasteiger charge is -2.14. The van der Waals surface area contributed by atoms with Crippen LogP contribution < -0.4 is 0 Å². The van der Waals surface area contributed by atoms with Crippen molar-refractivity contribution in [2.75, 3.05) is 0 Å². The van der Waals surface area contributed by atoms with Crippen LogP contribution in [0.15, 0.2) is 40.9 Å². The second-order valence-corrected chi connectivity index (χ2v) is 5.69. The first-order valence-electron chi connectivity index (χ1n) is 5.99. The highest BCUT2D eigenvalue weighted by molar-refractivity contribution is 9.10. The Bertz CT molecular complexity index is 555. The van der Waals surface area contributed by atoms with E-state index in [1.165, 1.54) is 11.1 Å². The second kappa shape index (κ2) is 5.25. The van der Waals surface area contributed by atoms with Crippen molar-refractivity contribution >= 4 is 15.9 Å². The number of hydrogen-bond donors (Lipinski definition) is 1. The van der Waals surface area contributed by atoms with Gasteiger partial charge in [0.25, 0.3) is 0 Å². The molecule has 0 saturated carbocycles. The Balaban J connectivity index is 2.40. The predicted octanol–water partition coefficient (Wildman–Crippen LogP) is 4.46. The quantitative estimate of drug-likeness (QED) is 0.868. The number of benzene rings is 2. The molecule has 2 aromatic rings. The van der Waals surface area contributed by atoms with Gasteiger partial charge in [-0.1, -0.05) is 57.4 Å². The summed E-state index contributed by atoms with van der Waals surface area (Å²) in [6.45, 7) is 6.13. The van der Waals surface area contributed by atoms with Gasteiger partial charge in [-0.25, -0.2) is 0 Å². The zero-order valence-corrected chi connectivity index (χ0v) is 12.5. The third-order valence-corrected chi connectivity index (χ3v) is 3.95. The molecule has 0 aliphatic rings. The minimum Gasteiger partial charge on any atom is -0.384 e. The van der Waals surface area contributed by atoms with E-state index in [2.05, 4.69) is 35.8 Å². The second-order valence-electron chi connectivity index (χ2n) is 4.83. The zero-order valence-electron chi connectivity index (χ0n) is 10.9. The topological polar surface area (TPSA) is 20.2 Å². The average Bonchev–Trinajstić information content (AvgIpc) is 2.30. The minimum atomic E-state index is -0.560. The van der Waals surface area contributed by atoms with Gasteiger partial charge < -0.3 is 5.11 Å². The molecule has 0 aliphatic carbocycles. The van der Waals surface area contributed by atoms with Gasteiger partial charge in [0.2, 0.25) is 0 Å². The molecule has 0 fully saturated rings. The van der Waals surface area contributed by atoms with Crippen LogP contribution in [0.4, 0.5) is 0 Å². The average molecular weight is 305 g/mol. The Morgan fingerprint density at radius 3 is 2.06 bits per heavy atom. The summed E-state index contributed by atoms with van der Waals surface area (Å²) in [7, 11) is 0. The van der Waals surface area contributed by atoms with Gasteiger partial charge in [-0.15, -0.1) is 0 Å². The number of hydrogen-bond acceptors (Lipinski definition) is 1. The largest absolute Gasteiger partial charge is 0.384 e. The van der Waals surface area contributed by atoms with Crippen LogP contribution in [-0.4, -0.2) is 5.11 Å². The maximum Gasteiger partial charge on any atom is 0.104 e. The zero-order chi connectivity index (χ0) is 13.3. The molecule has 0 saturated heterocycles. The molecule has 0 spiro atoms. The summed E-state index contributed by atoms with van der Waals surface area (Å²) >= 11 is 3.48. The Hall–Kier alpha value is -1.12. The van der Waals surface area contributed by atoms with E-state index in [1.54, 1.807) is 0 Å². The SMILES string of the molecule is Cc1cc(C)cc(C(O)c2ccc(Br)c(C)c2)c1. The smallest absolute Gasteiger partial charge is 0.104 e. The van der Waals surface area contributed by atoms with E-state index >= 15 is 0 Å². The maximum atomic E-state index is 10.4. The lowest BCUT2D eigenvalue weighted by atomic mass is 9.97. The molecule has 0 radical (unpaired) electrons. The maximum absolute atomic E-state index is 10.4. The van der Waals surface area contributed by atoms with Crippen molar-refractivity contribution in [3.8, 4) is 0 Å². The highest BCUT2D eigenvalue weighted by Crippen LogP contribution is 2.27. The van der Waals surface area contributed by atoms with Gasteiger partial charge in [0, 0.05) is 4.47 Å². The van der Waals surface area contributed by atoms with Crippen molar-refractivity contribution in [1.82, 2.24) is 0 Å². The molecule has 1 unspecified atom stereocenters. The lowest BCUT2D eigenvalue weighted by molar-refractivity contribution is 0.220. The van der Waals surface area contributed by atoms with Crippen LogP contribution in [0.1, 0.15) is 33.9 Å². The third kappa shape index (κ3) is 2.82. The fourth-order valence-corrected chi connectivity index (χ4v) is 2.44. The fourth-order valence-electron chi connectivity index (χ4n) is 2.20. The van der Waals surface area contributed by atoms with Crippen LogP contribution in [0.2, 0.25) is 0 Å². The van der Waals surface area contributed by atoms with Crippen molar-refractivity contribution in [3.63, 3.8) is 0 Å². The summed E-state index contributed by atoms with van der Waals surface area (Å²) in [5, 5.41) is 10.4. The molecule has 1 N–H and O–H groups in total. The number of aliphatic hydroxyl groups excluding tert-OH is 1. The molecular weight excluding hydrogens is 288 g/mol. The normalized spacial score (nSPS) is 12.5. The molecule has 0 aromatic heterocycles. The Morgan fingerprint density at radius 1 is 0.889 bits per heavy atom. The van der Waals surface area contributed by atoms with E-state index in [-0.39, 0.29) is 0 Å². The van der Waals surface area contributed by atoms with E-state index in [9.17, 15) is 5.11 Å². The first-order valence-corrected chi connectivity index (χ1v) is 6.79. The highest BCUT2D eigenvalue weighted by atomic mass is 79.9. The van der Waals surface area contributed by atoms with Gasteiger partial charge in [0.15, 0.2) is 0 Å². The summed E-state index contributed by atoms with van der Waals surface area (Å²) in [5.74, 6) is 0. The van der Waals surface area contributed by atoms with E-state index in [0.29, 0.717) is 0 Å². The monoisotopic (exact) mass is 304 g/mol. The molecule has 2 heteroatoms. The molecule has 0 amide bonds. The number of aliphatic hydroxyl groups is 1. The number of rotatable bonds is 2. The molecule has 0 heterocycles. The highest BCUT2D eigenvalue weighted by Gasteiger charge is 2.12. The molecular formula is C16H17BrO. The van der Waals surface area contributed by atoms with Crippen LogP contribution in [0, 0.1) is 20.8 Å². The minimum absolute atomic E-state index is 0.560. The van der Waals surface area contributed by atoms with Gasteiger partial charge in [-0.2, -0.15) is 0 Å². The van der Waals surface area contributed by atoms with Crippen LogP contribution in [0.25, 0.3) is 0 Å². The summed E-state index contributed by atoms with van der Waals surface area (Å²) in [6.07, 6.45) is -0.560. The van der Waals surface area contributed by atoms with Crippen molar-refractivity contribution < 1.29 is 5.11 Å². The number of halogens is 1. The fraction of sp³-hybridized carbons (Fsp3) is 0.250. The van der Waals surface area contributed by atoms with Crippen LogP contribution >= 0.6 is 15.9 Å². The van der Waals surface area contributed by atoms with Crippen LogP contribution in [0.5, 0.6) is 0 Å². The molecule has 1 atom stereocenters. The molecule has 0 aliphatic heterocycles. The van der Waals surface area contributed by atoms with Crippen LogP contribution in [0.3, 0.4) is 0 Å². The van der Waals surface area contributed by atoms with Crippen molar-refractivity contribution in [1.29, 1.82) is 0 Å². The molecule has 2 aromatic carbocycles. The van der Waals surface area contributed by atoms with Gasteiger partial charge in [-0.3, -0.25) is 0 Å². The van der Waals surface area contributed by atoms with Gasteiger partial charge in [-0.05, 0) is 43.5 Å². The van der Waals surface area contributed by atoms with Gasteiger partial charge in [0.1, 0.15) is 6.10 Å². The first-order chi connectivity index (χ1) is 8.47. The van der Waals surface area contributed by atoms with E-state index in [4.69, 9.17) is 0 Å². The van der Waals surface area contributed by atoms with E-state index in [0.717, 1.165) is 21.2 Å². The molecule has 1 nitrogen and oxygen atoms in total. The predicted molar refractivity (Wildman–Crippen MR) is 78.9 cm³/mol. The van der Waals surface area contributed by atoms with Crippen molar-refractivity contribution in [2.45, 2.75) is 26.9 Å². The van der Waals surface area contributed by atoms with Crippen LogP contribution in [-0.2, 0) is 0 Å². The third-order valence-electron chi connectivity index (χ3n) is 3.06. The first kappa shape index (κ1) is 13.3. The van der Waals surface area contributed by atoms with Gasteiger partial charge >= 0.3 is 0 Å². The van der Waals surface area contributed by atoms with Gasteiger partial charge in [0.05, 0.1) is 0 Å². The summed E-state index contributed by atoms with van der Waals surface area (Å²) in [5.41, 5.74) is 5.38. The number of aryl methyl sites for hydroxylation is 3. The Kier molecular flexibility index (Phi) is 3.88. The van der Waals surface area contributed by atoms with Crippen molar-refractivity contribution in [3.05, 3.63) is 68.7 Å². The summed E-state index contributed by atoms with van der Waals surface area (Å²) in [6, 6.07) is 12.1. The van der Waals surface area contributed by atoms with Crippen molar-refractivity contribution in [2.24, 2.45) is 0 Å². The summed E-state index contributed by atoms with van der Waals surface area (Å²) in [4.78, 5) is 0. The Morgan fingerprint density at radius 2 is 1.50 bits per heavy atom.